The second-order valence-electron chi connectivity index (χ2n) is 6.01. The molecule has 1 aliphatic heterocycles. The number of ether oxygens (including phenoxy) is 1. The number of carbonyl (C=O) groups excluding carboxylic acids is 1. The van der Waals surface area contributed by atoms with E-state index < -0.39 is 33.5 Å². The normalized spacial score (nSPS) is 22.0. The van der Waals surface area contributed by atoms with Gasteiger partial charge in [-0.1, -0.05) is 0 Å². The van der Waals surface area contributed by atoms with Crippen molar-refractivity contribution in [2.24, 2.45) is 0 Å². The number of fused-ring (bicyclic) bond motifs is 1. The minimum Gasteiger partial charge on any atom is -0.484 e. The summed E-state index contributed by atoms with van der Waals surface area (Å²) in [6, 6.07) is 5.41. The van der Waals surface area contributed by atoms with Gasteiger partial charge in [-0.2, -0.15) is 0 Å². The Hall–Kier alpha value is -2.39. The molecule has 0 saturated carbocycles. The third kappa shape index (κ3) is 3.99. The lowest BCUT2D eigenvalue weighted by Gasteiger charge is -2.15. The van der Waals surface area contributed by atoms with Gasteiger partial charge in [-0.3, -0.25) is 4.79 Å². The molecule has 9 heteroatoms. The molecular formula is C16H17NO7S. The van der Waals surface area contributed by atoms with Crippen LogP contribution in [0.3, 0.4) is 0 Å². The molecular weight excluding hydrogens is 350 g/mol. The number of aliphatic hydroxyl groups excluding tert-OH is 1. The Morgan fingerprint density at radius 3 is 2.80 bits per heavy atom. The number of hydrogen-bond donors (Lipinski definition) is 2. The van der Waals surface area contributed by atoms with E-state index in [9.17, 15) is 23.1 Å². The lowest BCUT2D eigenvalue weighted by atomic mass is 10.1. The molecule has 0 radical (unpaired) electrons. The summed E-state index contributed by atoms with van der Waals surface area (Å²) in [6.45, 7) is 1.43. The van der Waals surface area contributed by atoms with E-state index in [0.29, 0.717) is 11.3 Å². The number of hydrogen-bond acceptors (Lipinski definition) is 7. The Morgan fingerprint density at radius 1 is 1.36 bits per heavy atom. The van der Waals surface area contributed by atoms with Gasteiger partial charge in [0.2, 0.25) is 0 Å². The predicted molar refractivity (Wildman–Crippen MR) is 89.3 cm³/mol. The van der Waals surface area contributed by atoms with Crippen LogP contribution in [-0.4, -0.2) is 49.7 Å². The summed E-state index contributed by atoms with van der Waals surface area (Å²) in [5.41, 5.74) is 0.642. The molecule has 1 fully saturated rings. The highest BCUT2D eigenvalue weighted by molar-refractivity contribution is 7.91. The highest BCUT2D eigenvalue weighted by Crippen LogP contribution is 2.22. The highest BCUT2D eigenvalue weighted by atomic mass is 32.2. The van der Waals surface area contributed by atoms with E-state index in [2.05, 4.69) is 5.32 Å². The number of amides is 1. The Balaban J connectivity index is 1.64. The van der Waals surface area contributed by atoms with Crippen LogP contribution in [0.25, 0.3) is 11.0 Å². The van der Waals surface area contributed by atoms with Crippen LogP contribution in [0.5, 0.6) is 5.75 Å². The van der Waals surface area contributed by atoms with Crippen molar-refractivity contribution in [1.29, 1.82) is 0 Å². The van der Waals surface area contributed by atoms with Crippen LogP contribution in [-0.2, 0) is 14.6 Å². The lowest BCUT2D eigenvalue weighted by molar-refractivity contribution is -0.124. The summed E-state index contributed by atoms with van der Waals surface area (Å²) in [5.74, 6) is -0.870. The number of sulfone groups is 1. The molecule has 2 N–H and O–H groups in total. The first kappa shape index (κ1) is 17.4. The van der Waals surface area contributed by atoms with Gasteiger partial charge in [0.25, 0.3) is 5.91 Å². The molecule has 0 aliphatic carbocycles. The number of benzene rings is 1. The molecule has 2 heterocycles. The molecule has 8 nitrogen and oxygen atoms in total. The second-order valence-corrected chi connectivity index (χ2v) is 8.17. The van der Waals surface area contributed by atoms with Crippen molar-refractivity contribution in [3.63, 3.8) is 0 Å². The quantitative estimate of drug-likeness (QED) is 0.715. The van der Waals surface area contributed by atoms with Crippen LogP contribution in [0.15, 0.2) is 33.5 Å². The number of carbonyl (C=O) groups is 1. The molecule has 1 saturated heterocycles. The molecule has 2 aromatic rings. The summed E-state index contributed by atoms with van der Waals surface area (Å²) >= 11 is 0. The Kier molecular flexibility index (Phi) is 4.53. The molecule has 3 rings (SSSR count). The van der Waals surface area contributed by atoms with Crippen LogP contribution in [0, 0.1) is 6.92 Å². The fourth-order valence-corrected chi connectivity index (χ4v) is 4.50. The van der Waals surface area contributed by atoms with Gasteiger partial charge in [-0.25, -0.2) is 13.2 Å². The number of nitrogens with one attached hydrogen (secondary N) is 1. The third-order valence-electron chi connectivity index (χ3n) is 3.96. The molecule has 1 amide bonds. The fourth-order valence-electron chi connectivity index (χ4n) is 2.76. The van der Waals surface area contributed by atoms with Crippen molar-refractivity contribution >= 4 is 26.7 Å². The van der Waals surface area contributed by atoms with E-state index in [4.69, 9.17) is 9.15 Å². The van der Waals surface area contributed by atoms with E-state index in [1.807, 2.05) is 0 Å². The van der Waals surface area contributed by atoms with E-state index in [1.165, 1.54) is 12.1 Å². The van der Waals surface area contributed by atoms with Crippen molar-refractivity contribution in [3.8, 4) is 5.75 Å². The molecule has 0 bridgehead atoms. The standard InChI is InChI=1S/C16H17NO7S/c1-9-4-16(20)24-14-5-10(2-3-11(9)14)23-6-15(19)17-12-7-25(21,22)8-13(12)18/h2-5,12-13,18H,6-8H2,1H3,(H,17,19)/t12-,13+/m1/s1. The van der Waals surface area contributed by atoms with Crippen molar-refractivity contribution in [3.05, 3.63) is 40.2 Å². The molecule has 2 atom stereocenters. The minimum absolute atomic E-state index is 0.291. The van der Waals surface area contributed by atoms with Crippen LogP contribution in [0.1, 0.15) is 5.56 Å². The van der Waals surface area contributed by atoms with E-state index in [-0.39, 0.29) is 18.1 Å². The SMILES string of the molecule is Cc1cc(=O)oc2cc(OCC(=O)N[C@@H]3CS(=O)(=O)C[C@@H]3O)ccc12. The summed E-state index contributed by atoms with van der Waals surface area (Å²) in [7, 11) is -3.34. The molecule has 1 aromatic heterocycles. The first-order valence-corrected chi connectivity index (χ1v) is 9.41. The van der Waals surface area contributed by atoms with Crippen molar-refractivity contribution in [1.82, 2.24) is 5.32 Å². The first-order chi connectivity index (χ1) is 11.7. The van der Waals surface area contributed by atoms with Crippen LogP contribution >= 0.6 is 0 Å². The van der Waals surface area contributed by atoms with E-state index >= 15 is 0 Å². The van der Waals surface area contributed by atoms with Gasteiger partial charge in [0.15, 0.2) is 16.4 Å². The molecule has 0 spiro atoms. The average Bonchev–Trinajstić information content (AvgIpc) is 2.76. The van der Waals surface area contributed by atoms with Crippen LogP contribution in [0.4, 0.5) is 0 Å². The second kappa shape index (κ2) is 6.49. The maximum Gasteiger partial charge on any atom is 0.336 e. The lowest BCUT2D eigenvalue weighted by Crippen LogP contribution is -2.44. The highest BCUT2D eigenvalue weighted by Gasteiger charge is 2.37. The van der Waals surface area contributed by atoms with Gasteiger partial charge < -0.3 is 19.6 Å². The van der Waals surface area contributed by atoms with Crippen LogP contribution in [0.2, 0.25) is 0 Å². The van der Waals surface area contributed by atoms with Gasteiger partial charge in [0.1, 0.15) is 11.3 Å². The Morgan fingerprint density at radius 2 is 2.12 bits per heavy atom. The molecule has 0 unspecified atom stereocenters. The topological polar surface area (TPSA) is 123 Å². The Labute approximate surface area is 143 Å². The zero-order valence-electron chi connectivity index (χ0n) is 13.4. The molecule has 134 valence electrons. The van der Waals surface area contributed by atoms with Crippen molar-refractivity contribution in [2.75, 3.05) is 18.1 Å². The van der Waals surface area contributed by atoms with Gasteiger partial charge in [-0.05, 0) is 24.6 Å². The number of rotatable bonds is 4. The molecule has 1 aliphatic rings. The average molecular weight is 367 g/mol. The van der Waals surface area contributed by atoms with E-state index in [1.54, 1.807) is 19.1 Å². The summed E-state index contributed by atoms with van der Waals surface area (Å²) in [5, 5.41) is 12.9. The molecule has 1 aromatic carbocycles. The first-order valence-electron chi connectivity index (χ1n) is 7.59. The third-order valence-corrected chi connectivity index (χ3v) is 5.68. The maximum absolute atomic E-state index is 11.9. The molecule has 25 heavy (non-hydrogen) atoms. The van der Waals surface area contributed by atoms with Gasteiger partial charge >= 0.3 is 5.63 Å². The van der Waals surface area contributed by atoms with Gasteiger partial charge in [-0.15, -0.1) is 0 Å². The zero-order chi connectivity index (χ0) is 18.2. The smallest absolute Gasteiger partial charge is 0.336 e. The van der Waals surface area contributed by atoms with Gasteiger partial charge in [0.05, 0.1) is 23.7 Å². The summed E-state index contributed by atoms with van der Waals surface area (Å²) < 4.78 is 33.3. The maximum atomic E-state index is 11.9. The monoisotopic (exact) mass is 367 g/mol. The Bertz CT molecular complexity index is 980. The van der Waals surface area contributed by atoms with Gasteiger partial charge in [0, 0.05) is 17.5 Å². The van der Waals surface area contributed by atoms with E-state index in [0.717, 1.165) is 10.9 Å². The largest absolute Gasteiger partial charge is 0.484 e. The minimum atomic E-state index is -3.34. The summed E-state index contributed by atoms with van der Waals surface area (Å²) in [4.78, 5) is 23.3. The predicted octanol–water partition coefficient (Wildman–Crippen LogP) is -0.246. The number of aliphatic hydroxyl groups is 1. The fraction of sp³-hybridized carbons (Fsp3) is 0.375. The van der Waals surface area contributed by atoms with Crippen LogP contribution < -0.4 is 15.7 Å². The number of aryl methyl sites for hydroxylation is 1. The van der Waals surface area contributed by atoms with Crippen molar-refractivity contribution < 1.29 is 27.5 Å². The summed E-state index contributed by atoms with van der Waals surface area (Å²) in [6.07, 6.45) is -1.12. The zero-order valence-corrected chi connectivity index (χ0v) is 14.2. The van der Waals surface area contributed by atoms with Crippen molar-refractivity contribution in [2.45, 2.75) is 19.1 Å².